The van der Waals surface area contributed by atoms with Crippen LogP contribution in [-0.4, -0.2) is 0 Å². The van der Waals surface area contributed by atoms with Gasteiger partial charge in [-0.15, -0.1) is 0 Å². The summed E-state index contributed by atoms with van der Waals surface area (Å²) in [5.41, 5.74) is 19.5. The monoisotopic (exact) mass is 703 g/mol. The molecule has 1 atom stereocenters. The zero-order chi connectivity index (χ0) is 38.0. The van der Waals surface area contributed by atoms with Gasteiger partial charge in [-0.2, -0.15) is 0 Å². The number of anilines is 3. The molecule has 0 bridgehead atoms. The summed E-state index contributed by atoms with van der Waals surface area (Å²) in [6.45, 7) is 22.6. The molecule has 0 spiro atoms. The van der Waals surface area contributed by atoms with E-state index >= 15 is 0 Å². The van der Waals surface area contributed by atoms with Crippen molar-refractivity contribution < 1.29 is 0 Å². The zero-order valence-electron chi connectivity index (χ0n) is 33.3. The first-order chi connectivity index (χ1) is 25.9. The van der Waals surface area contributed by atoms with Crippen LogP contribution < -0.4 is 4.90 Å². The van der Waals surface area contributed by atoms with E-state index in [1.54, 1.807) is 0 Å². The number of allylic oxidation sites excluding steroid dienone is 15. The maximum Gasteiger partial charge on any atom is 0.0465 e. The smallest absolute Gasteiger partial charge is 0.0465 e. The van der Waals surface area contributed by atoms with E-state index in [4.69, 9.17) is 0 Å². The highest BCUT2D eigenvalue weighted by molar-refractivity contribution is 5.91. The van der Waals surface area contributed by atoms with Crippen molar-refractivity contribution in [1.29, 1.82) is 0 Å². The van der Waals surface area contributed by atoms with Crippen molar-refractivity contribution in [1.82, 2.24) is 0 Å². The molecule has 0 amide bonds. The molecule has 4 aliphatic carbocycles. The second kappa shape index (κ2) is 13.2. The van der Waals surface area contributed by atoms with Gasteiger partial charge in [0, 0.05) is 27.9 Å². The molecule has 4 aromatic carbocycles. The average Bonchev–Trinajstić information content (AvgIpc) is 3.65. The van der Waals surface area contributed by atoms with Crippen LogP contribution in [0.5, 0.6) is 0 Å². The van der Waals surface area contributed by atoms with Crippen molar-refractivity contribution in [2.75, 3.05) is 4.90 Å². The van der Waals surface area contributed by atoms with Crippen molar-refractivity contribution in [2.24, 2.45) is 11.3 Å². The van der Waals surface area contributed by atoms with Gasteiger partial charge in [0.2, 0.25) is 0 Å². The number of rotatable bonds is 8. The number of fused-ring (bicyclic) bond motifs is 5. The minimum absolute atomic E-state index is 0.0907. The van der Waals surface area contributed by atoms with Crippen LogP contribution in [0.1, 0.15) is 89.6 Å². The Balaban J connectivity index is 1.22. The summed E-state index contributed by atoms with van der Waals surface area (Å²) in [4.78, 5) is 2.46. The molecular weight excluding hydrogens is 651 g/mol. The minimum Gasteiger partial charge on any atom is -0.310 e. The fraction of sp³-hybridized carbons (Fsp3) is 0.245. The highest BCUT2D eigenvalue weighted by Gasteiger charge is 2.40. The normalized spacial score (nSPS) is 20.1. The molecule has 0 heterocycles. The van der Waals surface area contributed by atoms with Crippen molar-refractivity contribution >= 4 is 28.2 Å². The predicted octanol–water partition coefficient (Wildman–Crippen LogP) is 14.7. The van der Waals surface area contributed by atoms with Crippen molar-refractivity contribution in [3.63, 3.8) is 0 Å². The topological polar surface area (TPSA) is 3.24 Å². The molecule has 0 saturated heterocycles. The lowest BCUT2D eigenvalue weighted by Gasteiger charge is -2.31. The summed E-state index contributed by atoms with van der Waals surface area (Å²) in [7, 11) is 0. The van der Waals surface area contributed by atoms with Gasteiger partial charge in [-0.1, -0.05) is 157 Å². The highest BCUT2D eigenvalue weighted by Crippen LogP contribution is 2.54. The van der Waals surface area contributed by atoms with Crippen LogP contribution in [0, 0.1) is 11.3 Å². The third-order valence-electron chi connectivity index (χ3n) is 12.6. The lowest BCUT2D eigenvalue weighted by Crippen LogP contribution is -2.20. The molecule has 4 aliphatic rings. The van der Waals surface area contributed by atoms with Crippen molar-refractivity contribution in [3.8, 4) is 11.1 Å². The highest BCUT2D eigenvalue weighted by atomic mass is 15.1. The summed E-state index contributed by atoms with van der Waals surface area (Å²) >= 11 is 0. The first-order valence-corrected chi connectivity index (χ1v) is 19.6. The first kappa shape index (κ1) is 35.6. The molecule has 8 rings (SSSR count). The lowest BCUT2D eigenvalue weighted by molar-refractivity contribution is 0.354. The third kappa shape index (κ3) is 5.60. The third-order valence-corrected chi connectivity index (χ3v) is 12.6. The second-order valence-corrected chi connectivity index (χ2v) is 17.0. The summed E-state index contributed by atoms with van der Waals surface area (Å²) in [5.74, 6) is 0.467. The first-order valence-electron chi connectivity index (χ1n) is 19.6. The summed E-state index contributed by atoms with van der Waals surface area (Å²) in [5, 5.41) is 0. The van der Waals surface area contributed by atoms with E-state index in [0.717, 1.165) is 17.8 Å². The van der Waals surface area contributed by atoms with Gasteiger partial charge in [0.1, 0.15) is 0 Å². The molecule has 54 heavy (non-hydrogen) atoms. The standard InChI is InChI=1S/C53H53N/c1-10-13-14-18-37-34-51(4,5)48-31-36(23-28-41(37)48)35-21-24-38(25-22-35)54(39-26-29-44-42(17-11-2)46(12-3)52(6,7)49(44)32-39)40-27-30-45-43-19-15-16-20-47(43)53(8,9)50(45)33-40/h10-30,32-34,48H,3,31H2,1-2,4-9H3/b13-10-,17-11-,18-14-. The summed E-state index contributed by atoms with van der Waals surface area (Å²) in [6, 6.07) is 32.4. The van der Waals surface area contributed by atoms with Gasteiger partial charge < -0.3 is 4.90 Å². The van der Waals surface area contributed by atoms with E-state index in [9.17, 15) is 0 Å². The maximum atomic E-state index is 4.24. The minimum atomic E-state index is -0.163. The van der Waals surface area contributed by atoms with Crippen LogP contribution in [-0.2, 0) is 10.8 Å². The Morgan fingerprint density at radius 3 is 1.98 bits per heavy atom. The molecule has 0 saturated carbocycles. The Labute approximate surface area is 323 Å². The SMILES string of the molecule is C=CC1=C(/C=C\C)c2ccc(N(c3ccc(C4=CC=C5C(/C=C\C=C/C)=CC(C)(C)C5C4)cc3)c3ccc4c(c3)C(C)(C)c3ccccc3-4)cc2C1(C)C. The Bertz CT molecular complexity index is 2410. The Hall–Kier alpha value is -5.40. The van der Waals surface area contributed by atoms with Gasteiger partial charge in [-0.25, -0.2) is 0 Å². The second-order valence-electron chi connectivity index (χ2n) is 17.0. The maximum absolute atomic E-state index is 4.24. The Kier molecular flexibility index (Phi) is 8.69. The van der Waals surface area contributed by atoms with Crippen LogP contribution in [0.4, 0.5) is 17.1 Å². The average molecular weight is 704 g/mol. The van der Waals surface area contributed by atoms with E-state index in [-0.39, 0.29) is 16.2 Å². The molecule has 0 radical (unpaired) electrons. The predicted molar refractivity (Wildman–Crippen MR) is 234 cm³/mol. The van der Waals surface area contributed by atoms with Gasteiger partial charge in [0.15, 0.2) is 0 Å². The van der Waals surface area contributed by atoms with Crippen LogP contribution in [0.25, 0.3) is 22.3 Å². The van der Waals surface area contributed by atoms with E-state index in [1.165, 1.54) is 72.5 Å². The largest absolute Gasteiger partial charge is 0.310 e. The molecule has 0 aliphatic heterocycles. The Morgan fingerprint density at radius 1 is 0.648 bits per heavy atom. The molecular formula is C53H53N. The molecule has 0 aromatic heterocycles. The van der Waals surface area contributed by atoms with E-state index in [1.807, 2.05) is 6.08 Å². The fourth-order valence-electron chi connectivity index (χ4n) is 9.74. The van der Waals surface area contributed by atoms with Gasteiger partial charge in [0.05, 0.1) is 0 Å². The molecule has 4 aromatic rings. The summed E-state index contributed by atoms with van der Waals surface area (Å²) in [6.07, 6.45) is 23.3. The molecule has 0 fully saturated rings. The van der Waals surface area contributed by atoms with Gasteiger partial charge in [-0.05, 0) is 135 Å². The summed E-state index contributed by atoms with van der Waals surface area (Å²) < 4.78 is 0. The number of nitrogens with zero attached hydrogens (tertiary/aromatic N) is 1. The van der Waals surface area contributed by atoms with E-state index in [0.29, 0.717) is 5.92 Å². The lowest BCUT2D eigenvalue weighted by atomic mass is 9.73. The van der Waals surface area contributed by atoms with Gasteiger partial charge in [-0.3, -0.25) is 0 Å². The fourth-order valence-corrected chi connectivity index (χ4v) is 9.74. The van der Waals surface area contributed by atoms with Crippen LogP contribution in [0.15, 0.2) is 169 Å². The number of hydrogen-bond donors (Lipinski definition) is 0. The molecule has 0 N–H and O–H groups in total. The molecule has 1 unspecified atom stereocenters. The van der Waals surface area contributed by atoms with Gasteiger partial charge in [0.25, 0.3) is 0 Å². The van der Waals surface area contributed by atoms with Crippen molar-refractivity contribution in [3.05, 3.63) is 197 Å². The van der Waals surface area contributed by atoms with Gasteiger partial charge >= 0.3 is 0 Å². The van der Waals surface area contributed by atoms with Crippen LogP contribution in [0.3, 0.4) is 0 Å². The van der Waals surface area contributed by atoms with Crippen LogP contribution >= 0.6 is 0 Å². The zero-order valence-corrected chi connectivity index (χ0v) is 33.3. The molecule has 1 nitrogen and oxygen atoms in total. The number of hydrogen-bond acceptors (Lipinski definition) is 1. The van der Waals surface area contributed by atoms with E-state index in [2.05, 4.69) is 206 Å². The molecule has 1 heteroatoms. The Morgan fingerprint density at radius 2 is 1.30 bits per heavy atom. The number of benzene rings is 4. The van der Waals surface area contributed by atoms with Crippen molar-refractivity contribution in [2.45, 2.75) is 72.6 Å². The quantitative estimate of drug-likeness (QED) is 0.165. The van der Waals surface area contributed by atoms with E-state index < -0.39 is 0 Å². The molecule has 270 valence electrons. The van der Waals surface area contributed by atoms with Crippen LogP contribution in [0.2, 0.25) is 0 Å².